The normalized spacial score (nSPS) is 13.1. The molecule has 68 valence electrons. The standard InChI is InChI=1S/C10H13N3/c1-4-6-8-7-12-10(11-3)13-9(8)5-2/h4-7H,1H2,2-3H3,(H,11,13)/b8-6-,9-5+. The number of hydrogen-bond donors (Lipinski definition) is 1. The lowest BCUT2D eigenvalue weighted by Crippen LogP contribution is -2.29. The van der Waals surface area contributed by atoms with E-state index < -0.39 is 0 Å². The van der Waals surface area contributed by atoms with Crippen molar-refractivity contribution < 1.29 is 0 Å². The summed E-state index contributed by atoms with van der Waals surface area (Å²) in [5, 5.41) is 4.79. The first kappa shape index (κ1) is 9.45. The molecule has 1 aromatic heterocycles. The number of allylic oxidation sites excluding steroid dienone is 1. The Labute approximate surface area is 77.5 Å². The molecule has 0 atom stereocenters. The molecule has 1 rings (SSSR count). The van der Waals surface area contributed by atoms with Crippen LogP contribution in [0.2, 0.25) is 0 Å². The Hall–Kier alpha value is -1.64. The topological polar surface area (TPSA) is 37.8 Å². The van der Waals surface area contributed by atoms with E-state index in [1.165, 1.54) is 0 Å². The smallest absolute Gasteiger partial charge is 0.222 e. The zero-order valence-corrected chi connectivity index (χ0v) is 7.91. The average molecular weight is 175 g/mol. The molecule has 0 aliphatic carbocycles. The van der Waals surface area contributed by atoms with E-state index in [2.05, 4.69) is 21.9 Å². The Kier molecular flexibility index (Phi) is 3.20. The lowest BCUT2D eigenvalue weighted by molar-refractivity contribution is 1.09. The molecule has 0 aliphatic rings. The van der Waals surface area contributed by atoms with E-state index in [1.807, 2.05) is 19.1 Å². The highest BCUT2D eigenvalue weighted by molar-refractivity contribution is 5.37. The van der Waals surface area contributed by atoms with Crippen molar-refractivity contribution in [2.24, 2.45) is 0 Å². The number of rotatable bonds is 2. The Bertz CT molecular complexity index is 407. The molecule has 0 saturated heterocycles. The van der Waals surface area contributed by atoms with Crippen LogP contribution in [0.5, 0.6) is 0 Å². The zero-order valence-electron chi connectivity index (χ0n) is 7.91. The first-order valence-corrected chi connectivity index (χ1v) is 4.11. The molecule has 1 N–H and O–H groups in total. The van der Waals surface area contributed by atoms with Gasteiger partial charge in [-0.15, -0.1) is 0 Å². The molecule has 13 heavy (non-hydrogen) atoms. The molecule has 3 nitrogen and oxygen atoms in total. The highest BCUT2D eigenvalue weighted by Gasteiger charge is 1.90. The van der Waals surface area contributed by atoms with Gasteiger partial charge in [0.15, 0.2) is 0 Å². The van der Waals surface area contributed by atoms with Crippen LogP contribution in [0, 0.1) is 0 Å². The van der Waals surface area contributed by atoms with E-state index in [1.54, 1.807) is 19.3 Å². The Morgan fingerprint density at radius 1 is 1.54 bits per heavy atom. The highest BCUT2D eigenvalue weighted by Crippen LogP contribution is 1.84. The monoisotopic (exact) mass is 175 g/mol. The van der Waals surface area contributed by atoms with Gasteiger partial charge in [-0.25, -0.2) is 9.97 Å². The van der Waals surface area contributed by atoms with Crippen LogP contribution in [0.1, 0.15) is 6.92 Å². The van der Waals surface area contributed by atoms with Gasteiger partial charge in [-0.3, -0.25) is 0 Å². The van der Waals surface area contributed by atoms with Crippen molar-refractivity contribution in [1.82, 2.24) is 9.97 Å². The molecule has 0 saturated carbocycles. The minimum Gasteiger partial charge on any atom is -0.357 e. The quantitative estimate of drug-likeness (QED) is 0.702. The van der Waals surface area contributed by atoms with Crippen LogP contribution in [-0.2, 0) is 0 Å². The first-order valence-electron chi connectivity index (χ1n) is 4.11. The van der Waals surface area contributed by atoms with E-state index in [9.17, 15) is 0 Å². The molecule has 1 heterocycles. The van der Waals surface area contributed by atoms with Gasteiger partial charge < -0.3 is 5.32 Å². The van der Waals surface area contributed by atoms with E-state index in [-0.39, 0.29) is 0 Å². The minimum absolute atomic E-state index is 0.634. The third kappa shape index (κ3) is 2.15. The summed E-state index contributed by atoms with van der Waals surface area (Å²) >= 11 is 0. The molecule has 3 heteroatoms. The fraction of sp³-hybridized carbons (Fsp3) is 0.200. The summed E-state index contributed by atoms with van der Waals surface area (Å²) in [6.07, 6.45) is 7.33. The van der Waals surface area contributed by atoms with Crippen molar-refractivity contribution in [3.8, 4) is 0 Å². The lowest BCUT2D eigenvalue weighted by Gasteiger charge is -1.96. The molecule has 0 aliphatic heterocycles. The number of aromatic nitrogens is 2. The molecule has 0 aromatic carbocycles. The molecule has 0 amide bonds. The largest absolute Gasteiger partial charge is 0.357 e. The summed E-state index contributed by atoms with van der Waals surface area (Å²) < 4.78 is 0. The summed E-state index contributed by atoms with van der Waals surface area (Å²) in [6.45, 7) is 5.58. The summed E-state index contributed by atoms with van der Waals surface area (Å²) in [4.78, 5) is 8.37. The number of hydrogen-bond acceptors (Lipinski definition) is 3. The van der Waals surface area contributed by atoms with Crippen molar-refractivity contribution in [3.05, 3.63) is 29.4 Å². The van der Waals surface area contributed by atoms with Crippen molar-refractivity contribution in [1.29, 1.82) is 0 Å². The lowest BCUT2D eigenvalue weighted by atomic mass is 10.3. The predicted octanol–water partition coefficient (Wildman–Crippen LogP) is 0.285. The van der Waals surface area contributed by atoms with Gasteiger partial charge >= 0.3 is 0 Å². The van der Waals surface area contributed by atoms with Gasteiger partial charge in [0.1, 0.15) is 0 Å². The molecule has 0 spiro atoms. The fourth-order valence-electron chi connectivity index (χ4n) is 1.01. The van der Waals surface area contributed by atoms with Gasteiger partial charge in [0, 0.05) is 18.5 Å². The number of anilines is 1. The molecule has 0 bridgehead atoms. The summed E-state index contributed by atoms with van der Waals surface area (Å²) in [5.41, 5.74) is 0. The van der Waals surface area contributed by atoms with Gasteiger partial charge in [0.2, 0.25) is 5.95 Å². The SMILES string of the molecule is C=C/C=c1/cnc(NC)n/c1=C/C. The van der Waals surface area contributed by atoms with Gasteiger partial charge in [-0.2, -0.15) is 0 Å². The van der Waals surface area contributed by atoms with E-state index >= 15 is 0 Å². The van der Waals surface area contributed by atoms with Crippen LogP contribution in [0.15, 0.2) is 18.9 Å². The third-order valence-corrected chi connectivity index (χ3v) is 1.64. The Morgan fingerprint density at radius 3 is 2.85 bits per heavy atom. The second-order valence-electron chi connectivity index (χ2n) is 2.48. The predicted molar refractivity (Wildman–Crippen MR) is 55.6 cm³/mol. The van der Waals surface area contributed by atoms with Crippen molar-refractivity contribution in [2.45, 2.75) is 6.92 Å². The number of nitrogens with one attached hydrogen (secondary N) is 1. The molecule has 1 aromatic rings. The van der Waals surface area contributed by atoms with Crippen LogP contribution < -0.4 is 15.9 Å². The Balaban J connectivity index is 3.42. The molecular weight excluding hydrogens is 162 g/mol. The fourth-order valence-corrected chi connectivity index (χ4v) is 1.01. The summed E-state index contributed by atoms with van der Waals surface area (Å²) in [5.74, 6) is 0.634. The van der Waals surface area contributed by atoms with Crippen LogP contribution in [0.4, 0.5) is 5.95 Å². The average Bonchev–Trinajstić information content (AvgIpc) is 2.19. The van der Waals surface area contributed by atoms with Crippen LogP contribution in [0.25, 0.3) is 12.2 Å². The zero-order chi connectivity index (χ0) is 9.68. The second kappa shape index (κ2) is 4.40. The summed E-state index contributed by atoms with van der Waals surface area (Å²) in [6, 6.07) is 0. The van der Waals surface area contributed by atoms with Gasteiger partial charge in [-0.1, -0.05) is 24.8 Å². The van der Waals surface area contributed by atoms with Gasteiger partial charge in [-0.05, 0) is 6.92 Å². The van der Waals surface area contributed by atoms with Crippen molar-refractivity contribution in [3.63, 3.8) is 0 Å². The van der Waals surface area contributed by atoms with Crippen LogP contribution in [-0.4, -0.2) is 17.0 Å². The highest BCUT2D eigenvalue weighted by atomic mass is 15.1. The third-order valence-electron chi connectivity index (χ3n) is 1.64. The van der Waals surface area contributed by atoms with Gasteiger partial charge in [0.25, 0.3) is 0 Å². The van der Waals surface area contributed by atoms with Gasteiger partial charge in [0.05, 0.1) is 5.35 Å². The van der Waals surface area contributed by atoms with Crippen molar-refractivity contribution in [2.75, 3.05) is 12.4 Å². The van der Waals surface area contributed by atoms with E-state index in [0.29, 0.717) is 5.95 Å². The maximum absolute atomic E-state index is 4.27. The maximum Gasteiger partial charge on any atom is 0.222 e. The second-order valence-corrected chi connectivity index (χ2v) is 2.48. The number of nitrogens with zero attached hydrogens (tertiary/aromatic N) is 2. The van der Waals surface area contributed by atoms with E-state index in [4.69, 9.17) is 0 Å². The minimum atomic E-state index is 0.634. The Morgan fingerprint density at radius 2 is 2.31 bits per heavy atom. The first-order chi connectivity index (χ1) is 6.31. The molecule has 0 fully saturated rings. The maximum atomic E-state index is 4.27. The van der Waals surface area contributed by atoms with Crippen molar-refractivity contribution >= 4 is 18.1 Å². The molecular formula is C10H13N3. The molecule has 0 unspecified atom stereocenters. The van der Waals surface area contributed by atoms with Crippen LogP contribution in [0.3, 0.4) is 0 Å². The summed E-state index contributed by atoms with van der Waals surface area (Å²) in [7, 11) is 1.80. The molecule has 0 radical (unpaired) electrons. The van der Waals surface area contributed by atoms with E-state index in [0.717, 1.165) is 10.6 Å². The van der Waals surface area contributed by atoms with Crippen LogP contribution >= 0.6 is 0 Å².